The molecule has 0 radical (unpaired) electrons. The molecule has 0 atom stereocenters. The van der Waals surface area contributed by atoms with Crippen LogP contribution in [-0.4, -0.2) is 16.1 Å². The molecule has 1 heterocycles. The number of rotatable bonds is 1. The summed E-state index contributed by atoms with van der Waals surface area (Å²) < 4.78 is 0. The van der Waals surface area contributed by atoms with Crippen LogP contribution in [0.3, 0.4) is 0 Å². The van der Waals surface area contributed by atoms with Crippen molar-refractivity contribution in [1.82, 2.24) is 4.98 Å². The molecule has 0 saturated heterocycles. The van der Waals surface area contributed by atoms with Gasteiger partial charge in [0, 0.05) is 11.6 Å². The summed E-state index contributed by atoms with van der Waals surface area (Å²) in [7, 11) is 0. The third kappa shape index (κ3) is 1.52. The quantitative estimate of drug-likeness (QED) is 0.645. The first-order valence-electron chi connectivity index (χ1n) is 5.26. The van der Waals surface area contributed by atoms with Crippen molar-refractivity contribution in [3.63, 3.8) is 0 Å². The first-order valence-corrected chi connectivity index (χ1v) is 5.26. The summed E-state index contributed by atoms with van der Waals surface area (Å²) in [4.78, 5) is 14.8. The molecule has 1 N–H and O–H groups in total. The van der Waals surface area contributed by atoms with Crippen LogP contribution in [0.2, 0.25) is 0 Å². The zero-order valence-electron chi connectivity index (χ0n) is 8.92. The molecular weight excluding hydrogens is 214 g/mol. The highest BCUT2D eigenvalue weighted by atomic mass is 16.4. The number of fused-ring (bicyclic) bond motifs is 3. The molecule has 0 aliphatic rings. The minimum atomic E-state index is -1.000. The van der Waals surface area contributed by atoms with E-state index in [2.05, 4.69) is 4.98 Å². The number of carboxylic acids is 1. The first kappa shape index (κ1) is 9.78. The van der Waals surface area contributed by atoms with Crippen LogP contribution in [-0.2, 0) is 0 Å². The Kier molecular flexibility index (Phi) is 2.05. The third-order valence-corrected chi connectivity index (χ3v) is 2.85. The van der Waals surface area contributed by atoms with Crippen molar-refractivity contribution in [3.05, 3.63) is 54.4 Å². The lowest BCUT2D eigenvalue weighted by Gasteiger charge is -2.03. The van der Waals surface area contributed by atoms with Gasteiger partial charge >= 0.3 is 5.97 Å². The van der Waals surface area contributed by atoms with Crippen LogP contribution < -0.4 is 0 Å². The number of aromatic nitrogens is 1. The SMILES string of the molecule is O=C(O)c1cc2ccc3ccccc3c2cn1. The van der Waals surface area contributed by atoms with E-state index in [1.54, 1.807) is 12.3 Å². The monoisotopic (exact) mass is 223 g/mol. The molecule has 82 valence electrons. The van der Waals surface area contributed by atoms with Crippen LogP contribution in [0, 0.1) is 0 Å². The van der Waals surface area contributed by atoms with E-state index in [0.717, 1.165) is 21.5 Å². The summed E-state index contributed by atoms with van der Waals surface area (Å²) in [6.07, 6.45) is 1.63. The van der Waals surface area contributed by atoms with E-state index in [1.165, 1.54) is 0 Å². The average molecular weight is 223 g/mol. The number of benzene rings is 2. The molecule has 0 saturated carbocycles. The highest BCUT2D eigenvalue weighted by molar-refractivity contribution is 6.08. The molecule has 0 aliphatic heterocycles. The van der Waals surface area contributed by atoms with Crippen molar-refractivity contribution in [1.29, 1.82) is 0 Å². The number of aromatic carboxylic acids is 1. The Labute approximate surface area is 97.3 Å². The molecular formula is C14H9NO2. The van der Waals surface area contributed by atoms with Gasteiger partial charge in [-0.1, -0.05) is 36.4 Å². The van der Waals surface area contributed by atoms with Gasteiger partial charge in [0.25, 0.3) is 0 Å². The van der Waals surface area contributed by atoms with E-state index in [-0.39, 0.29) is 5.69 Å². The van der Waals surface area contributed by atoms with Gasteiger partial charge in [-0.15, -0.1) is 0 Å². The number of hydrogen-bond acceptors (Lipinski definition) is 2. The van der Waals surface area contributed by atoms with E-state index >= 15 is 0 Å². The largest absolute Gasteiger partial charge is 0.477 e. The summed E-state index contributed by atoms with van der Waals surface area (Å²) in [5.74, 6) is -1.000. The molecule has 3 nitrogen and oxygen atoms in total. The molecule has 3 rings (SSSR count). The Hall–Kier alpha value is -2.42. The predicted molar refractivity (Wildman–Crippen MR) is 66.2 cm³/mol. The van der Waals surface area contributed by atoms with Crippen LogP contribution in [0.5, 0.6) is 0 Å². The Bertz CT molecular complexity index is 734. The van der Waals surface area contributed by atoms with Gasteiger partial charge in [-0.3, -0.25) is 0 Å². The maximum atomic E-state index is 10.8. The molecule has 0 aliphatic carbocycles. The van der Waals surface area contributed by atoms with Crippen molar-refractivity contribution in [2.24, 2.45) is 0 Å². The number of carboxylic acid groups (broad SMARTS) is 1. The van der Waals surface area contributed by atoms with Crippen molar-refractivity contribution in [2.75, 3.05) is 0 Å². The second-order valence-electron chi connectivity index (χ2n) is 3.88. The minimum Gasteiger partial charge on any atom is -0.477 e. The van der Waals surface area contributed by atoms with Gasteiger partial charge in [-0.05, 0) is 22.2 Å². The first-order chi connectivity index (χ1) is 8.25. The number of nitrogens with zero attached hydrogens (tertiary/aromatic N) is 1. The van der Waals surface area contributed by atoms with Crippen molar-refractivity contribution in [2.45, 2.75) is 0 Å². The lowest BCUT2D eigenvalue weighted by molar-refractivity contribution is 0.0690. The molecule has 3 aromatic rings. The Morgan fingerprint density at radius 3 is 2.59 bits per heavy atom. The summed E-state index contributed by atoms with van der Waals surface area (Å²) in [5, 5.41) is 13.0. The summed E-state index contributed by atoms with van der Waals surface area (Å²) in [6, 6.07) is 13.5. The Balaban J connectivity index is 2.41. The second kappa shape index (κ2) is 3.56. The van der Waals surface area contributed by atoms with Crippen molar-refractivity contribution < 1.29 is 9.90 Å². The zero-order valence-corrected chi connectivity index (χ0v) is 8.92. The molecule has 1 aromatic heterocycles. The van der Waals surface area contributed by atoms with Gasteiger partial charge in [0.05, 0.1) is 0 Å². The normalized spacial score (nSPS) is 10.8. The van der Waals surface area contributed by atoms with Gasteiger partial charge in [-0.25, -0.2) is 9.78 Å². The fourth-order valence-corrected chi connectivity index (χ4v) is 2.02. The lowest BCUT2D eigenvalue weighted by atomic mass is 10.0. The molecule has 2 aromatic carbocycles. The van der Waals surface area contributed by atoms with Gasteiger partial charge in [0.15, 0.2) is 0 Å². The summed E-state index contributed by atoms with van der Waals surface area (Å²) in [5.41, 5.74) is 0.0766. The van der Waals surface area contributed by atoms with E-state index < -0.39 is 5.97 Å². The van der Waals surface area contributed by atoms with Crippen LogP contribution in [0.4, 0.5) is 0 Å². The van der Waals surface area contributed by atoms with Crippen molar-refractivity contribution in [3.8, 4) is 0 Å². The molecule has 0 bridgehead atoms. The molecule has 0 fully saturated rings. The van der Waals surface area contributed by atoms with Gasteiger partial charge in [-0.2, -0.15) is 0 Å². The van der Waals surface area contributed by atoms with Gasteiger partial charge in [0.1, 0.15) is 5.69 Å². The maximum absolute atomic E-state index is 10.8. The topological polar surface area (TPSA) is 50.2 Å². The number of pyridine rings is 1. The maximum Gasteiger partial charge on any atom is 0.354 e. The van der Waals surface area contributed by atoms with E-state index in [4.69, 9.17) is 5.11 Å². The van der Waals surface area contributed by atoms with Crippen LogP contribution in [0.1, 0.15) is 10.5 Å². The Morgan fingerprint density at radius 1 is 1.00 bits per heavy atom. The molecule has 0 spiro atoms. The fraction of sp³-hybridized carbons (Fsp3) is 0. The number of carbonyl (C=O) groups is 1. The van der Waals surface area contributed by atoms with E-state index in [1.807, 2.05) is 36.4 Å². The smallest absolute Gasteiger partial charge is 0.354 e. The van der Waals surface area contributed by atoms with Crippen molar-refractivity contribution >= 4 is 27.5 Å². The highest BCUT2D eigenvalue weighted by Crippen LogP contribution is 2.24. The lowest BCUT2D eigenvalue weighted by Crippen LogP contribution is -1.99. The van der Waals surface area contributed by atoms with E-state index in [9.17, 15) is 4.79 Å². The second-order valence-corrected chi connectivity index (χ2v) is 3.88. The Morgan fingerprint density at radius 2 is 1.76 bits per heavy atom. The molecule has 0 amide bonds. The number of hydrogen-bond donors (Lipinski definition) is 1. The average Bonchev–Trinajstić information content (AvgIpc) is 2.38. The highest BCUT2D eigenvalue weighted by Gasteiger charge is 2.06. The predicted octanol–water partition coefficient (Wildman–Crippen LogP) is 3.09. The molecule has 17 heavy (non-hydrogen) atoms. The summed E-state index contributed by atoms with van der Waals surface area (Å²) >= 11 is 0. The minimum absolute atomic E-state index is 0.0766. The standard InChI is InChI=1S/C14H9NO2/c16-14(17)13-7-10-6-5-9-3-1-2-4-11(9)12(10)8-15-13/h1-8H,(H,16,17). The zero-order chi connectivity index (χ0) is 11.8. The summed E-state index contributed by atoms with van der Waals surface area (Å²) in [6.45, 7) is 0. The van der Waals surface area contributed by atoms with Crippen LogP contribution in [0.15, 0.2) is 48.7 Å². The third-order valence-electron chi connectivity index (χ3n) is 2.85. The van der Waals surface area contributed by atoms with Gasteiger partial charge in [0.2, 0.25) is 0 Å². The molecule has 0 unspecified atom stereocenters. The van der Waals surface area contributed by atoms with Gasteiger partial charge < -0.3 is 5.11 Å². The fourth-order valence-electron chi connectivity index (χ4n) is 2.02. The van der Waals surface area contributed by atoms with E-state index in [0.29, 0.717) is 0 Å². The molecule has 3 heteroatoms. The van der Waals surface area contributed by atoms with Crippen LogP contribution >= 0.6 is 0 Å². The van der Waals surface area contributed by atoms with Crippen LogP contribution in [0.25, 0.3) is 21.5 Å².